The number of aliphatic hydroxyl groups is 1. The lowest BCUT2D eigenvalue weighted by molar-refractivity contribution is -0.116. The molecule has 0 bridgehead atoms. The molecule has 0 spiro atoms. The van der Waals surface area contributed by atoms with E-state index in [1.165, 1.54) is 5.56 Å². The highest BCUT2D eigenvalue weighted by Gasteiger charge is 2.26. The normalized spacial score (nSPS) is 17.2. The molecule has 1 aliphatic heterocycles. The molecule has 0 aromatic heterocycles. The summed E-state index contributed by atoms with van der Waals surface area (Å²) in [5.41, 5.74) is 2.41. The molecule has 1 heterocycles. The van der Waals surface area contributed by atoms with Gasteiger partial charge < -0.3 is 10.4 Å². The fraction of sp³-hybridized carbons (Fsp3) is 0.316. The maximum Gasteiger partial charge on any atom is 0.225 e. The number of anilines is 1. The standard InChI is InChI=1S/C19H20F2N2O2/c20-14-9-15(21)11-16(10-14)22-19(25)6-8-23-7-5-13-3-1-2-4-17(13)18(23)12-24/h1-4,9-11,18,24H,5-8,12H2,(H,22,25). The SMILES string of the molecule is O=C(CCN1CCc2ccccc2C1CO)Nc1cc(F)cc(F)c1. The van der Waals surface area contributed by atoms with Gasteiger partial charge in [0.05, 0.1) is 12.6 Å². The number of aliphatic hydroxyl groups excluding tert-OH is 1. The number of halogens is 2. The quantitative estimate of drug-likeness (QED) is 0.875. The van der Waals surface area contributed by atoms with Crippen LogP contribution in [0.15, 0.2) is 42.5 Å². The highest BCUT2D eigenvalue weighted by Crippen LogP contribution is 2.29. The third-order valence-corrected chi connectivity index (χ3v) is 4.47. The first-order chi connectivity index (χ1) is 12.1. The van der Waals surface area contributed by atoms with Crippen molar-refractivity contribution in [2.45, 2.75) is 18.9 Å². The van der Waals surface area contributed by atoms with Crippen molar-refractivity contribution in [3.8, 4) is 0 Å². The largest absolute Gasteiger partial charge is 0.394 e. The van der Waals surface area contributed by atoms with Gasteiger partial charge >= 0.3 is 0 Å². The molecule has 2 aromatic carbocycles. The van der Waals surface area contributed by atoms with Gasteiger partial charge in [0.2, 0.25) is 5.91 Å². The zero-order valence-electron chi connectivity index (χ0n) is 13.7. The van der Waals surface area contributed by atoms with Gasteiger partial charge in [0, 0.05) is 31.3 Å². The molecule has 1 amide bonds. The van der Waals surface area contributed by atoms with Crippen molar-refractivity contribution in [1.82, 2.24) is 4.90 Å². The molecule has 6 heteroatoms. The number of carbonyl (C=O) groups excluding carboxylic acids is 1. The Morgan fingerprint density at radius 2 is 1.92 bits per heavy atom. The molecular formula is C19H20F2N2O2. The van der Waals surface area contributed by atoms with Crippen LogP contribution in [0.25, 0.3) is 0 Å². The Labute approximate surface area is 145 Å². The molecule has 0 radical (unpaired) electrons. The van der Waals surface area contributed by atoms with Crippen LogP contribution in [-0.4, -0.2) is 35.6 Å². The van der Waals surface area contributed by atoms with Crippen LogP contribution in [-0.2, 0) is 11.2 Å². The van der Waals surface area contributed by atoms with E-state index in [2.05, 4.69) is 16.3 Å². The molecule has 0 saturated heterocycles. The summed E-state index contributed by atoms with van der Waals surface area (Å²) < 4.78 is 26.3. The minimum Gasteiger partial charge on any atom is -0.394 e. The second-order valence-corrected chi connectivity index (χ2v) is 6.14. The summed E-state index contributed by atoms with van der Waals surface area (Å²) in [4.78, 5) is 14.1. The van der Waals surface area contributed by atoms with E-state index in [1.807, 2.05) is 18.2 Å². The van der Waals surface area contributed by atoms with Gasteiger partial charge in [-0.3, -0.25) is 9.69 Å². The van der Waals surface area contributed by atoms with Gasteiger partial charge in [-0.15, -0.1) is 0 Å². The molecule has 0 saturated carbocycles. The molecule has 0 fully saturated rings. The van der Waals surface area contributed by atoms with Gasteiger partial charge in [0.25, 0.3) is 0 Å². The van der Waals surface area contributed by atoms with E-state index in [1.54, 1.807) is 0 Å². The monoisotopic (exact) mass is 346 g/mol. The highest BCUT2D eigenvalue weighted by atomic mass is 19.1. The molecular weight excluding hydrogens is 326 g/mol. The maximum absolute atomic E-state index is 13.2. The summed E-state index contributed by atoms with van der Waals surface area (Å²) in [6, 6.07) is 10.8. The van der Waals surface area contributed by atoms with Crippen LogP contribution in [0.4, 0.5) is 14.5 Å². The topological polar surface area (TPSA) is 52.6 Å². The number of fused-ring (bicyclic) bond motifs is 1. The van der Waals surface area contributed by atoms with Crippen LogP contribution in [0.2, 0.25) is 0 Å². The van der Waals surface area contributed by atoms with Gasteiger partial charge in [-0.25, -0.2) is 8.78 Å². The maximum atomic E-state index is 13.2. The van der Waals surface area contributed by atoms with Crippen molar-refractivity contribution < 1.29 is 18.7 Å². The summed E-state index contributed by atoms with van der Waals surface area (Å²) in [6.07, 6.45) is 1.04. The molecule has 1 atom stereocenters. The van der Waals surface area contributed by atoms with Crippen LogP contribution in [0.1, 0.15) is 23.6 Å². The number of hydrogen-bond donors (Lipinski definition) is 2. The lowest BCUT2D eigenvalue weighted by atomic mass is 9.93. The number of hydrogen-bond acceptors (Lipinski definition) is 3. The van der Waals surface area contributed by atoms with Crippen LogP contribution in [0.3, 0.4) is 0 Å². The van der Waals surface area contributed by atoms with Gasteiger partial charge in [0.15, 0.2) is 0 Å². The van der Waals surface area contributed by atoms with Crippen LogP contribution in [0, 0.1) is 11.6 Å². The van der Waals surface area contributed by atoms with Gasteiger partial charge in [-0.1, -0.05) is 24.3 Å². The van der Waals surface area contributed by atoms with Crippen molar-refractivity contribution in [2.75, 3.05) is 25.0 Å². The Morgan fingerprint density at radius 3 is 2.64 bits per heavy atom. The third kappa shape index (κ3) is 4.21. The Hall–Kier alpha value is -2.31. The van der Waals surface area contributed by atoms with E-state index >= 15 is 0 Å². The highest BCUT2D eigenvalue weighted by molar-refractivity contribution is 5.90. The van der Waals surface area contributed by atoms with E-state index < -0.39 is 11.6 Å². The Bertz CT molecular complexity index is 747. The van der Waals surface area contributed by atoms with Crippen LogP contribution in [0.5, 0.6) is 0 Å². The molecule has 2 aromatic rings. The van der Waals surface area contributed by atoms with Gasteiger partial charge in [-0.05, 0) is 29.7 Å². The molecule has 3 rings (SSSR count). The van der Waals surface area contributed by atoms with E-state index in [-0.39, 0.29) is 30.7 Å². The number of rotatable bonds is 5. The fourth-order valence-electron chi connectivity index (χ4n) is 3.28. The average molecular weight is 346 g/mol. The average Bonchev–Trinajstić information content (AvgIpc) is 2.58. The summed E-state index contributed by atoms with van der Waals surface area (Å²) in [5, 5.41) is 12.3. The first-order valence-corrected chi connectivity index (χ1v) is 8.25. The molecule has 0 aliphatic carbocycles. The fourth-order valence-corrected chi connectivity index (χ4v) is 3.28. The summed E-state index contributed by atoms with van der Waals surface area (Å²) >= 11 is 0. The minimum atomic E-state index is -0.733. The Kier molecular flexibility index (Phi) is 5.40. The van der Waals surface area contributed by atoms with Crippen molar-refractivity contribution in [3.63, 3.8) is 0 Å². The second kappa shape index (κ2) is 7.72. The van der Waals surface area contributed by atoms with Crippen LogP contribution >= 0.6 is 0 Å². The molecule has 2 N–H and O–H groups in total. The van der Waals surface area contributed by atoms with Crippen molar-refractivity contribution in [2.24, 2.45) is 0 Å². The van der Waals surface area contributed by atoms with E-state index in [9.17, 15) is 18.7 Å². The first-order valence-electron chi connectivity index (χ1n) is 8.25. The number of nitrogens with one attached hydrogen (secondary N) is 1. The Balaban J connectivity index is 1.60. The summed E-state index contributed by atoms with van der Waals surface area (Å²) in [6.45, 7) is 1.20. The third-order valence-electron chi connectivity index (χ3n) is 4.47. The predicted octanol–water partition coefficient (Wildman–Crippen LogP) is 2.89. The lowest BCUT2D eigenvalue weighted by Crippen LogP contribution is -2.39. The van der Waals surface area contributed by atoms with Crippen molar-refractivity contribution in [3.05, 3.63) is 65.2 Å². The summed E-state index contributed by atoms with van der Waals surface area (Å²) in [5.74, 6) is -1.79. The molecule has 25 heavy (non-hydrogen) atoms. The zero-order chi connectivity index (χ0) is 17.8. The van der Waals surface area contributed by atoms with Crippen molar-refractivity contribution in [1.29, 1.82) is 0 Å². The minimum absolute atomic E-state index is 0.0201. The van der Waals surface area contributed by atoms with Crippen LogP contribution < -0.4 is 5.32 Å². The molecule has 1 aliphatic rings. The second-order valence-electron chi connectivity index (χ2n) is 6.14. The molecule has 1 unspecified atom stereocenters. The first kappa shape index (κ1) is 17.5. The van der Waals surface area contributed by atoms with Crippen molar-refractivity contribution >= 4 is 11.6 Å². The Morgan fingerprint density at radius 1 is 1.20 bits per heavy atom. The number of amides is 1. The molecule has 132 valence electrons. The number of carbonyl (C=O) groups is 1. The van der Waals surface area contributed by atoms with E-state index in [4.69, 9.17) is 0 Å². The zero-order valence-corrected chi connectivity index (χ0v) is 13.7. The summed E-state index contributed by atoms with van der Waals surface area (Å²) in [7, 11) is 0. The van der Waals surface area contributed by atoms with E-state index in [0.29, 0.717) is 6.54 Å². The van der Waals surface area contributed by atoms with E-state index in [0.717, 1.165) is 36.7 Å². The van der Waals surface area contributed by atoms with Gasteiger partial charge in [-0.2, -0.15) is 0 Å². The smallest absolute Gasteiger partial charge is 0.225 e. The lowest BCUT2D eigenvalue weighted by Gasteiger charge is -2.36. The number of nitrogens with zero attached hydrogens (tertiary/aromatic N) is 1. The van der Waals surface area contributed by atoms with Gasteiger partial charge in [0.1, 0.15) is 11.6 Å². The number of benzene rings is 2. The molecule has 4 nitrogen and oxygen atoms in total. The predicted molar refractivity (Wildman–Crippen MR) is 91.2 cm³/mol.